The second kappa shape index (κ2) is 12.0. The van der Waals surface area contributed by atoms with Crippen LogP contribution in [0.4, 0.5) is 0 Å². The molecule has 0 aliphatic heterocycles. The fraction of sp³-hybridized carbons (Fsp3) is 0.320. The molecule has 1 aromatic carbocycles. The quantitative estimate of drug-likeness (QED) is 0.368. The zero-order chi connectivity index (χ0) is 19.4. The van der Waals surface area contributed by atoms with Crippen LogP contribution in [0.1, 0.15) is 54.9 Å². The number of benzene rings is 1. The monoisotopic (exact) mass is 347 g/mol. The van der Waals surface area contributed by atoms with Crippen LogP contribution in [0.25, 0.3) is 5.57 Å². The molecule has 0 unspecified atom stereocenters. The number of aryl methyl sites for hydroxylation is 1. The van der Waals surface area contributed by atoms with Crippen molar-refractivity contribution in [2.75, 3.05) is 0 Å². The van der Waals surface area contributed by atoms with Crippen LogP contribution in [0.2, 0.25) is 0 Å². The summed E-state index contributed by atoms with van der Waals surface area (Å²) in [6, 6.07) is 4.53. The maximum Gasteiger partial charge on any atom is -0.00562 e. The lowest BCUT2D eigenvalue weighted by atomic mass is 9.90. The molecule has 0 atom stereocenters. The molecule has 0 aliphatic rings. The summed E-state index contributed by atoms with van der Waals surface area (Å²) in [5.74, 6) is 0. The van der Waals surface area contributed by atoms with Crippen molar-refractivity contribution in [3.8, 4) is 0 Å². The smallest absolute Gasteiger partial charge is 0.00562 e. The fourth-order valence-corrected chi connectivity index (χ4v) is 2.90. The molecule has 0 saturated carbocycles. The number of hydrogen-bond acceptors (Lipinski definition) is 1. The molecule has 0 amide bonds. The van der Waals surface area contributed by atoms with Gasteiger partial charge in [-0.05, 0) is 97.4 Å². The summed E-state index contributed by atoms with van der Waals surface area (Å²) in [7, 11) is 0. The maximum absolute atomic E-state index is 5.29. The molecular weight excluding hydrogens is 314 g/mol. The summed E-state index contributed by atoms with van der Waals surface area (Å²) in [6.07, 6.45) is 16.4. The average molecular weight is 348 g/mol. The summed E-state index contributed by atoms with van der Waals surface area (Å²) in [4.78, 5) is 0. The van der Waals surface area contributed by atoms with Gasteiger partial charge < -0.3 is 5.73 Å². The normalized spacial score (nSPS) is 11.3. The van der Waals surface area contributed by atoms with Gasteiger partial charge in [-0.15, -0.1) is 5.73 Å². The van der Waals surface area contributed by atoms with Crippen LogP contribution in [-0.4, -0.2) is 0 Å². The van der Waals surface area contributed by atoms with Gasteiger partial charge in [0.15, 0.2) is 0 Å². The van der Waals surface area contributed by atoms with Gasteiger partial charge in [0.1, 0.15) is 0 Å². The molecule has 1 rings (SSSR count). The van der Waals surface area contributed by atoms with Crippen LogP contribution in [0.15, 0.2) is 73.2 Å². The van der Waals surface area contributed by atoms with Gasteiger partial charge in [-0.1, -0.05) is 50.8 Å². The van der Waals surface area contributed by atoms with Gasteiger partial charge in [0, 0.05) is 0 Å². The molecule has 0 spiro atoms. The lowest BCUT2D eigenvalue weighted by Crippen LogP contribution is -1.97. The molecule has 0 fully saturated rings. The fourth-order valence-electron chi connectivity index (χ4n) is 2.90. The lowest BCUT2D eigenvalue weighted by molar-refractivity contribution is 0.790. The van der Waals surface area contributed by atoms with Crippen LogP contribution in [-0.2, 0) is 6.42 Å². The Morgan fingerprint density at radius 3 is 2.65 bits per heavy atom. The number of unbranched alkanes of at least 4 members (excludes halogenated alkanes) is 1. The Kier molecular flexibility index (Phi) is 9.90. The van der Waals surface area contributed by atoms with Crippen molar-refractivity contribution in [1.29, 1.82) is 0 Å². The largest absolute Gasteiger partial charge is 0.405 e. The minimum Gasteiger partial charge on any atom is -0.405 e. The summed E-state index contributed by atoms with van der Waals surface area (Å²) in [5, 5.41) is 0. The van der Waals surface area contributed by atoms with Gasteiger partial charge in [0.2, 0.25) is 0 Å². The molecule has 1 aromatic rings. The Hall–Kier alpha value is -2.50. The molecule has 0 aliphatic carbocycles. The Labute approximate surface area is 160 Å². The first-order valence-electron chi connectivity index (χ1n) is 9.44. The first-order valence-corrected chi connectivity index (χ1v) is 9.44. The molecule has 0 aromatic heterocycles. The average Bonchev–Trinajstić information content (AvgIpc) is 2.64. The van der Waals surface area contributed by atoms with Crippen molar-refractivity contribution >= 4 is 5.57 Å². The highest BCUT2D eigenvalue weighted by molar-refractivity contribution is 5.68. The second-order valence-electron chi connectivity index (χ2n) is 6.54. The Morgan fingerprint density at radius 1 is 1.23 bits per heavy atom. The summed E-state index contributed by atoms with van der Waals surface area (Å²) >= 11 is 0. The van der Waals surface area contributed by atoms with Gasteiger partial charge in [0.05, 0.1) is 0 Å². The van der Waals surface area contributed by atoms with Crippen molar-refractivity contribution in [2.45, 2.75) is 52.9 Å². The van der Waals surface area contributed by atoms with Crippen LogP contribution < -0.4 is 5.73 Å². The Bertz CT molecular complexity index is 738. The third-order valence-corrected chi connectivity index (χ3v) is 4.70. The van der Waals surface area contributed by atoms with Gasteiger partial charge >= 0.3 is 0 Å². The highest BCUT2D eigenvalue weighted by Crippen LogP contribution is 2.27. The van der Waals surface area contributed by atoms with Crippen LogP contribution in [0.3, 0.4) is 0 Å². The zero-order valence-corrected chi connectivity index (χ0v) is 16.6. The van der Waals surface area contributed by atoms with Crippen LogP contribution >= 0.6 is 0 Å². The summed E-state index contributed by atoms with van der Waals surface area (Å²) < 4.78 is 0. The topological polar surface area (TPSA) is 26.0 Å². The first kappa shape index (κ1) is 21.5. The molecule has 1 nitrogen and oxygen atoms in total. The molecular formula is C25H33N. The second-order valence-corrected chi connectivity index (χ2v) is 6.54. The molecule has 26 heavy (non-hydrogen) atoms. The molecule has 1 heteroatoms. The summed E-state index contributed by atoms with van der Waals surface area (Å²) in [6.45, 7) is 14.9. The number of rotatable bonds is 10. The number of allylic oxidation sites excluding steroid dienone is 6. The highest BCUT2D eigenvalue weighted by Gasteiger charge is 2.08. The minimum absolute atomic E-state index is 0.932. The van der Waals surface area contributed by atoms with Gasteiger partial charge in [0.25, 0.3) is 0 Å². The van der Waals surface area contributed by atoms with E-state index in [0.29, 0.717) is 0 Å². The van der Waals surface area contributed by atoms with E-state index in [1.165, 1.54) is 53.3 Å². The molecule has 0 bridgehead atoms. The number of hydrogen-bond donors (Lipinski definition) is 1. The van der Waals surface area contributed by atoms with Crippen molar-refractivity contribution in [2.24, 2.45) is 5.73 Å². The van der Waals surface area contributed by atoms with Gasteiger partial charge in [-0.3, -0.25) is 0 Å². The predicted molar refractivity (Wildman–Crippen MR) is 117 cm³/mol. The van der Waals surface area contributed by atoms with E-state index in [1.807, 2.05) is 12.2 Å². The van der Waals surface area contributed by atoms with Crippen molar-refractivity contribution < 1.29 is 0 Å². The third kappa shape index (κ3) is 6.78. The van der Waals surface area contributed by atoms with Crippen molar-refractivity contribution in [3.05, 3.63) is 95.4 Å². The van der Waals surface area contributed by atoms with Crippen LogP contribution in [0, 0.1) is 13.8 Å². The molecule has 138 valence electrons. The maximum atomic E-state index is 5.29. The lowest BCUT2D eigenvalue weighted by Gasteiger charge is -2.15. The van der Waals surface area contributed by atoms with E-state index in [2.05, 4.69) is 57.9 Å². The minimum atomic E-state index is 0.932. The molecule has 0 saturated heterocycles. The third-order valence-electron chi connectivity index (χ3n) is 4.70. The van der Waals surface area contributed by atoms with E-state index in [-0.39, 0.29) is 0 Å². The zero-order valence-electron chi connectivity index (χ0n) is 16.6. The van der Waals surface area contributed by atoms with E-state index in [4.69, 9.17) is 5.73 Å². The number of nitrogens with two attached hydrogens (primary N) is 1. The van der Waals surface area contributed by atoms with Crippen molar-refractivity contribution in [1.82, 2.24) is 0 Å². The Morgan fingerprint density at radius 2 is 2.00 bits per heavy atom. The van der Waals surface area contributed by atoms with E-state index < -0.39 is 0 Å². The van der Waals surface area contributed by atoms with Crippen molar-refractivity contribution in [3.63, 3.8) is 0 Å². The molecule has 0 heterocycles. The van der Waals surface area contributed by atoms with Gasteiger partial charge in [-0.25, -0.2) is 0 Å². The predicted octanol–water partition coefficient (Wildman–Crippen LogP) is 6.74. The highest BCUT2D eigenvalue weighted by atomic mass is 14.5. The first-order chi connectivity index (χ1) is 12.5. The van der Waals surface area contributed by atoms with Gasteiger partial charge in [-0.2, -0.15) is 0 Å². The van der Waals surface area contributed by atoms with E-state index in [9.17, 15) is 0 Å². The summed E-state index contributed by atoms with van der Waals surface area (Å²) in [5.41, 5.74) is 16.2. The van der Waals surface area contributed by atoms with Crippen LogP contribution in [0.5, 0.6) is 0 Å². The van der Waals surface area contributed by atoms with E-state index in [1.54, 1.807) is 12.2 Å². The molecule has 0 radical (unpaired) electrons. The van der Waals surface area contributed by atoms with E-state index in [0.717, 1.165) is 18.4 Å². The Balaban J connectivity index is 2.79. The SMILES string of the molecule is C=C/C(C=C=C/C=C\N)=C\CCC(=C)c1ccc(CCCC)c(C)c1C. The van der Waals surface area contributed by atoms with E-state index >= 15 is 0 Å². The molecule has 2 N–H and O–H groups in total. The standard InChI is InChI=1S/C25H33N/c1-6-8-16-24-17-18-25(22(5)21(24)4)20(3)13-12-15-23(7-2)14-10-9-11-19-26/h7,9,11,14-15,17-19H,2-3,6,8,12-13,16,26H2,1,4-5H3/b19-11-,23-15+.